The van der Waals surface area contributed by atoms with Crippen molar-refractivity contribution in [2.24, 2.45) is 5.92 Å². The van der Waals surface area contributed by atoms with E-state index in [4.69, 9.17) is 0 Å². The largest absolute Gasteiger partial charge is 0.375 e. The van der Waals surface area contributed by atoms with Crippen LogP contribution in [0.15, 0.2) is 5.70 Å². The van der Waals surface area contributed by atoms with Crippen LogP contribution in [0.4, 0.5) is 0 Å². The standard InChI is InChI=1S/C14H26N/c1-4-11-15-12-6-5-9-14(15)10-7-8-13(2)3/h13H,4-8,10-12H2,1-3H3. The first kappa shape index (κ1) is 12.6. The third-order valence-corrected chi connectivity index (χ3v) is 3.00. The van der Waals surface area contributed by atoms with Crippen LogP contribution in [-0.2, 0) is 0 Å². The lowest BCUT2D eigenvalue weighted by Gasteiger charge is -2.30. The molecule has 1 aliphatic rings. The Morgan fingerprint density at radius 3 is 2.87 bits per heavy atom. The van der Waals surface area contributed by atoms with Crippen molar-refractivity contribution in [1.29, 1.82) is 0 Å². The second-order valence-corrected chi connectivity index (χ2v) is 5.00. The average molecular weight is 208 g/mol. The zero-order valence-corrected chi connectivity index (χ0v) is 10.7. The highest BCUT2D eigenvalue weighted by Gasteiger charge is 2.12. The minimum atomic E-state index is 0.841. The Morgan fingerprint density at radius 1 is 1.40 bits per heavy atom. The normalized spacial score (nSPS) is 17.1. The molecule has 0 spiro atoms. The van der Waals surface area contributed by atoms with E-state index in [2.05, 4.69) is 31.7 Å². The Bertz CT molecular complexity index is 194. The Balaban J connectivity index is 2.32. The summed E-state index contributed by atoms with van der Waals surface area (Å²) in [5.41, 5.74) is 1.50. The molecule has 0 fully saturated rings. The summed E-state index contributed by atoms with van der Waals surface area (Å²) < 4.78 is 0. The third-order valence-electron chi connectivity index (χ3n) is 3.00. The van der Waals surface area contributed by atoms with E-state index in [0.717, 1.165) is 5.92 Å². The molecule has 0 N–H and O–H groups in total. The quantitative estimate of drug-likeness (QED) is 0.637. The van der Waals surface area contributed by atoms with E-state index in [1.807, 2.05) is 0 Å². The first-order chi connectivity index (χ1) is 7.24. The first-order valence-corrected chi connectivity index (χ1v) is 6.58. The smallest absolute Gasteiger partial charge is 0.0178 e. The highest BCUT2D eigenvalue weighted by atomic mass is 15.1. The Hall–Kier alpha value is -0.460. The monoisotopic (exact) mass is 208 g/mol. The lowest BCUT2D eigenvalue weighted by atomic mass is 10.0. The second kappa shape index (κ2) is 6.92. The molecular weight excluding hydrogens is 182 g/mol. The first-order valence-electron chi connectivity index (χ1n) is 6.58. The molecule has 0 aromatic heterocycles. The zero-order chi connectivity index (χ0) is 11.1. The molecule has 0 saturated carbocycles. The zero-order valence-electron chi connectivity index (χ0n) is 10.7. The topological polar surface area (TPSA) is 3.24 Å². The van der Waals surface area contributed by atoms with Gasteiger partial charge in [-0.25, -0.2) is 0 Å². The summed E-state index contributed by atoms with van der Waals surface area (Å²) in [4.78, 5) is 2.55. The number of nitrogens with zero attached hydrogens (tertiary/aromatic N) is 1. The van der Waals surface area contributed by atoms with Crippen LogP contribution in [0.2, 0.25) is 0 Å². The van der Waals surface area contributed by atoms with Crippen LogP contribution in [0.3, 0.4) is 0 Å². The summed E-state index contributed by atoms with van der Waals surface area (Å²) >= 11 is 0. The van der Waals surface area contributed by atoms with Crippen LogP contribution in [0.25, 0.3) is 0 Å². The molecule has 0 aromatic rings. The molecule has 1 heterocycles. The maximum absolute atomic E-state index is 3.57. The highest BCUT2D eigenvalue weighted by molar-refractivity contribution is 4.99. The van der Waals surface area contributed by atoms with Gasteiger partial charge < -0.3 is 4.90 Å². The summed E-state index contributed by atoms with van der Waals surface area (Å²) in [6.45, 7) is 9.37. The van der Waals surface area contributed by atoms with Crippen molar-refractivity contribution in [3.05, 3.63) is 11.8 Å². The number of rotatable bonds is 6. The van der Waals surface area contributed by atoms with E-state index < -0.39 is 0 Å². The van der Waals surface area contributed by atoms with Gasteiger partial charge in [0.1, 0.15) is 0 Å². The van der Waals surface area contributed by atoms with Gasteiger partial charge in [0.05, 0.1) is 0 Å². The number of hydrogen-bond acceptors (Lipinski definition) is 1. The Morgan fingerprint density at radius 2 is 2.20 bits per heavy atom. The van der Waals surface area contributed by atoms with Crippen LogP contribution in [-0.4, -0.2) is 18.0 Å². The molecule has 0 atom stereocenters. The van der Waals surface area contributed by atoms with Gasteiger partial charge in [-0.3, -0.25) is 0 Å². The molecule has 87 valence electrons. The van der Waals surface area contributed by atoms with Crippen molar-refractivity contribution >= 4 is 0 Å². The van der Waals surface area contributed by atoms with Gasteiger partial charge in [-0.2, -0.15) is 0 Å². The number of allylic oxidation sites excluding steroid dienone is 2. The maximum Gasteiger partial charge on any atom is 0.0178 e. The van der Waals surface area contributed by atoms with Gasteiger partial charge >= 0.3 is 0 Å². The lowest BCUT2D eigenvalue weighted by Crippen LogP contribution is -2.28. The van der Waals surface area contributed by atoms with Crippen molar-refractivity contribution in [2.45, 2.75) is 59.3 Å². The van der Waals surface area contributed by atoms with Gasteiger partial charge in [-0.05, 0) is 44.1 Å². The van der Waals surface area contributed by atoms with Gasteiger partial charge in [0.15, 0.2) is 0 Å². The molecule has 0 amide bonds. The predicted molar refractivity (Wildman–Crippen MR) is 66.5 cm³/mol. The summed E-state index contributed by atoms with van der Waals surface area (Å²) in [7, 11) is 0. The molecule has 1 heteroatoms. The van der Waals surface area contributed by atoms with Crippen LogP contribution >= 0.6 is 0 Å². The van der Waals surface area contributed by atoms with Crippen LogP contribution < -0.4 is 0 Å². The summed E-state index contributed by atoms with van der Waals surface area (Å²) in [6, 6.07) is 0. The highest BCUT2D eigenvalue weighted by Crippen LogP contribution is 2.20. The molecule has 0 unspecified atom stereocenters. The summed E-state index contributed by atoms with van der Waals surface area (Å²) in [6.07, 6.45) is 11.2. The SMILES string of the molecule is CCCN1CCC[C]=C1CCCC(C)C. The van der Waals surface area contributed by atoms with Crippen molar-refractivity contribution < 1.29 is 0 Å². The van der Waals surface area contributed by atoms with Crippen LogP contribution in [0, 0.1) is 12.0 Å². The molecule has 1 nitrogen and oxygen atoms in total. The Kier molecular flexibility index (Phi) is 5.82. The van der Waals surface area contributed by atoms with Gasteiger partial charge in [0, 0.05) is 18.8 Å². The fourth-order valence-corrected chi connectivity index (χ4v) is 2.19. The predicted octanol–water partition coefficient (Wildman–Crippen LogP) is 4.01. The van der Waals surface area contributed by atoms with Crippen LogP contribution in [0.5, 0.6) is 0 Å². The van der Waals surface area contributed by atoms with E-state index in [9.17, 15) is 0 Å². The average Bonchev–Trinajstić information content (AvgIpc) is 2.20. The molecular formula is C14H26N. The number of hydrogen-bond donors (Lipinski definition) is 0. The van der Waals surface area contributed by atoms with Crippen molar-refractivity contribution in [1.82, 2.24) is 4.90 Å². The van der Waals surface area contributed by atoms with Gasteiger partial charge in [0.2, 0.25) is 0 Å². The molecule has 0 aromatic carbocycles. The summed E-state index contributed by atoms with van der Waals surface area (Å²) in [5.74, 6) is 0.841. The molecule has 1 radical (unpaired) electrons. The van der Waals surface area contributed by atoms with Crippen molar-refractivity contribution in [3.63, 3.8) is 0 Å². The fourth-order valence-electron chi connectivity index (χ4n) is 2.19. The van der Waals surface area contributed by atoms with E-state index >= 15 is 0 Å². The van der Waals surface area contributed by atoms with Gasteiger partial charge in [-0.1, -0.05) is 27.2 Å². The summed E-state index contributed by atoms with van der Waals surface area (Å²) in [5, 5.41) is 0. The fraction of sp³-hybridized carbons (Fsp3) is 0.857. The van der Waals surface area contributed by atoms with Gasteiger partial charge in [-0.15, -0.1) is 0 Å². The van der Waals surface area contributed by atoms with E-state index in [0.29, 0.717) is 0 Å². The minimum absolute atomic E-state index is 0.841. The molecule has 1 rings (SSSR count). The maximum atomic E-state index is 3.57. The second-order valence-electron chi connectivity index (χ2n) is 5.00. The lowest BCUT2D eigenvalue weighted by molar-refractivity contribution is 0.303. The minimum Gasteiger partial charge on any atom is -0.375 e. The van der Waals surface area contributed by atoms with E-state index in [1.54, 1.807) is 0 Å². The molecule has 1 aliphatic heterocycles. The molecule has 15 heavy (non-hydrogen) atoms. The van der Waals surface area contributed by atoms with Crippen molar-refractivity contribution in [3.8, 4) is 0 Å². The Labute approximate surface area is 95.5 Å². The molecule has 0 saturated heterocycles. The van der Waals surface area contributed by atoms with Crippen LogP contribution in [0.1, 0.15) is 59.3 Å². The van der Waals surface area contributed by atoms with Gasteiger partial charge in [0.25, 0.3) is 0 Å². The third kappa shape index (κ3) is 4.72. The van der Waals surface area contributed by atoms with E-state index in [1.165, 1.54) is 57.3 Å². The van der Waals surface area contributed by atoms with Crippen molar-refractivity contribution in [2.75, 3.05) is 13.1 Å². The molecule has 0 bridgehead atoms. The molecule has 0 aliphatic carbocycles. The van der Waals surface area contributed by atoms with E-state index in [-0.39, 0.29) is 0 Å².